The summed E-state index contributed by atoms with van der Waals surface area (Å²) in [6.07, 6.45) is 2.94. The average Bonchev–Trinajstić information content (AvgIpc) is 2.52. The normalized spacial score (nSPS) is 12.1. The highest BCUT2D eigenvalue weighted by molar-refractivity contribution is 7.68. The van der Waals surface area contributed by atoms with E-state index >= 15 is 0 Å². The predicted octanol–water partition coefficient (Wildman–Crippen LogP) is 4.63. The second kappa shape index (κ2) is 8.43. The minimum absolute atomic E-state index is 0.493. The Kier molecular flexibility index (Phi) is 6.57. The molecule has 0 aliphatic rings. The van der Waals surface area contributed by atoms with Crippen molar-refractivity contribution in [3.8, 4) is 0 Å². The molecule has 116 valence electrons. The van der Waals surface area contributed by atoms with Gasteiger partial charge in [0.1, 0.15) is 0 Å². The van der Waals surface area contributed by atoms with E-state index in [1.165, 1.54) is 0 Å². The van der Waals surface area contributed by atoms with Gasteiger partial charge in [0.25, 0.3) is 0 Å². The van der Waals surface area contributed by atoms with E-state index in [2.05, 4.69) is 19.1 Å². The zero-order valence-electron chi connectivity index (χ0n) is 12.9. The first-order valence-electron chi connectivity index (χ1n) is 7.40. The molecule has 0 aliphatic carbocycles. The Morgan fingerprint density at radius 1 is 1.18 bits per heavy atom. The number of benzene rings is 2. The number of carbonyl (C=O) groups is 1. The van der Waals surface area contributed by atoms with Crippen LogP contribution in [-0.2, 0) is 4.52 Å². The molecule has 2 nitrogen and oxygen atoms in total. The van der Waals surface area contributed by atoms with Gasteiger partial charge >= 0.3 is 0 Å². The molecule has 4 heteroatoms. The third-order valence-electron chi connectivity index (χ3n) is 3.38. The molecule has 0 aliphatic heterocycles. The Balaban J connectivity index is 2.38. The lowest BCUT2D eigenvalue weighted by atomic mass is 10.1. The van der Waals surface area contributed by atoms with E-state index in [9.17, 15) is 4.79 Å². The van der Waals surface area contributed by atoms with Gasteiger partial charge in [-0.1, -0.05) is 55.3 Å². The quantitative estimate of drug-likeness (QED) is 0.419. The van der Waals surface area contributed by atoms with Gasteiger partial charge in [0.15, 0.2) is 6.29 Å². The lowest BCUT2D eigenvalue weighted by Gasteiger charge is -2.20. The minimum atomic E-state index is -0.913. The van der Waals surface area contributed by atoms with Gasteiger partial charge in [-0.15, -0.1) is 0 Å². The fourth-order valence-corrected chi connectivity index (χ4v) is 4.46. The Morgan fingerprint density at radius 2 is 1.91 bits per heavy atom. The van der Waals surface area contributed by atoms with Crippen molar-refractivity contribution >= 4 is 36.6 Å². The van der Waals surface area contributed by atoms with Crippen LogP contribution < -0.4 is 10.6 Å². The van der Waals surface area contributed by atoms with E-state index in [0.717, 1.165) is 41.9 Å². The molecule has 2 rings (SSSR count). The number of unbranched alkanes of at least 4 members (excludes halogenated alkanes) is 1. The van der Waals surface area contributed by atoms with E-state index < -0.39 is 8.15 Å². The third kappa shape index (κ3) is 4.16. The Bertz CT molecular complexity index is 605. The molecule has 0 saturated carbocycles. The number of aryl methyl sites for hydroxylation is 1. The van der Waals surface area contributed by atoms with Crippen molar-refractivity contribution in [3.63, 3.8) is 0 Å². The Labute approximate surface area is 138 Å². The summed E-state index contributed by atoms with van der Waals surface area (Å²) in [4.78, 5) is 11.1. The molecule has 2 aromatic rings. The van der Waals surface area contributed by atoms with Crippen molar-refractivity contribution < 1.29 is 9.32 Å². The molecule has 0 fully saturated rings. The summed E-state index contributed by atoms with van der Waals surface area (Å²) in [5, 5.41) is 2.70. The molecular weight excluding hydrogens is 315 g/mol. The predicted molar refractivity (Wildman–Crippen MR) is 95.1 cm³/mol. The summed E-state index contributed by atoms with van der Waals surface area (Å²) in [5.41, 5.74) is 1.45. The second-order valence-electron chi connectivity index (χ2n) is 5.09. The molecule has 0 N–H and O–H groups in total. The van der Waals surface area contributed by atoms with Gasteiger partial charge in [-0.05, 0) is 31.0 Å². The third-order valence-corrected chi connectivity index (χ3v) is 5.63. The summed E-state index contributed by atoms with van der Waals surface area (Å²) in [7, 11) is -0.913. The first-order valence-corrected chi connectivity index (χ1v) is 9.04. The van der Waals surface area contributed by atoms with Crippen LogP contribution in [0.25, 0.3) is 0 Å². The van der Waals surface area contributed by atoms with Crippen LogP contribution >= 0.6 is 19.7 Å². The highest BCUT2D eigenvalue weighted by Gasteiger charge is 2.17. The molecule has 0 spiro atoms. The van der Waals surface area contributed by atoms with E-state index in [-0.39, 0.29) is 0 Å². The van der Waals surface area contributed by atoms with Crippen LogP contribution in [0.3, 0.4) is 0 Å². The van der Waals surface area contributed by atoms with Gasteiger partial charge in [0.05, 0.1) is 19.8 Å². The lowest BCUT2D eigenvalue weighted by molar-refractivity contribution is 0.112. The van der Waals surface area contributed by atoms with Gasteiger partial charge in [-0.25, -0.2) is 0 Å². The number of halogens is 1. The van der Waals surface area contributed by atoms with Crippen LogP contribution in [0.5, 0.6) is 0 Å². The number of aldehydes is 1. The van der Waals surface area contributed by atoms with Crippen molar-refractivity contribution in [1.29, 1.82) is 0 Å². The van der Waals surface area contributed by atoms with Crippen LogP contribution in [0.15, 0.2) is 42.5 Å². The average molecular weight is 335 g/mol. The van der Waals surface area contributed by atoms with Crippen LogP contribution in [0.2, 0.25) is 5.02 Å². The summed E-state index contributed by atoms with van der Waals surface area (Å²) in [6.45, 7) is 4.78. The maximum atomic E-state index is 11.1. The molecule has 0 saturated heterocycles. The van der Waals surface area contributed by atoms with Crippen LogP contribution in [0, 0.1) is 6.92 Å². The maximum absolute atomic E-state index is 11.1. The smallest absolute Gasteiger partial charge is 0.151 e. The zero-order valence-corrected chi connectivity index (χ0v) is 14.5. The SMILES string of the molecule is CCCCOP(c1ccccc1)c1cc(C)c(C=O)c(Cl)c1. The largest absolute Gasteiger partial charge is 0.350 e. The Morgan fingerprint density at radius 3 is 2.50 bits per heavy atom. The first-order chi connectivity index (χ1) is 10.7. The fraction of sp³-hybridized carbons (Fsp3) is 0.278. The molecule has 1 unspecified atom stereocenters. The van der Waals surface area contributed by atoms with E-state index in [4.69, 9.17) is 16.1 Å². The van der Waals surface area contributed by atoms with E-state index in [1.54, 1.807) is 0 Å². The van der Waals surface area contributed by atoms with Crippen molar-refractivity contribution in [2.75, 3.05) is 6.61 Å². The number of carbonyl (C=O) groups excluding carboxylic acids is 1. The van der Waals surface area contributed by atoms with Gasteiger partial charge < -0.3 is 4.52 Å². The summed E-state index contributed by atoms with van der Waals surface area (Å²) in [5.74, 6) is 0. The summed E-state index contributed by atoms with van der Waals surface area (Å²) in [6, 6.07) is 14.1. The molecule has 0 aromatic heterocycles. The lowest BCUT2D eigenvalue weighted by Crippen LogP contribution is -2.15. The zero-order chi connectivity index (χ0) is 15.9. The highest BCUT2D eigenvalue weighted by Crippen LogP contribution is 2.36. The number of rotatable bonds is 7. The standard InChI is InChI=1S/C18H20ClO2P/c1-3-4-10-21-22(15-8-6-5-7-9-15)16-11-14(2)17(13-20)18(19)12-16/h5-9,11-13H,3-4,10H2,1-2H3. The number of hydrogen-bond acceptors (Lipinski definition) is 2. The van der Waals surface area contributed by atoms with Crippen molar-refractivity contribution in [2.45, 2.75) is 26.7 Å². The topological polar surface area (TPSA) is 26.3 Å². The number of hydrogen-bond donors (Lipinski definition) is 0. The minimum Gasteiger partial charge on any atom is -0.350 e. The summed E-state index contributed by atoms with van der Waals surface area (Å²) < 4.78 is 6.16. The molecule has 2 aromatic carbocycles. The van der Waals surface area contributed by atoms with Gasteiger partial charge in [0.2, 0.25) is 0 Å². The van der Waals surface area contributed by atoms with Gasteiger partial charge in [-0.3, -0.25) is 4.79 Å². The van der Waals surface area contributed by atoms with Crippen molar-refractivity contribution in [1.82, 2.24) is 0 Å². The van der Waals surface area contributed by atoms with Gasteiger partial charge in [-0.2, -0.15) is 0 Å². The first kappa shape index (κ1) is 17.1. The molecular formula is C18H20ClO2P. The molecule has 0 heterocycles. The Hall–Kier alpha value is -1.21. The van der Waals surface area contributed by atoms with Crippen molar-refractivity contribution in [2.24, 2.45) is 0 Å². The van der Waals surface area contributed by atoms with Gasteiger partial charge in [0, 0.05) is 16.2 Å². The van der Waals surface area contributed by atoms with Crippen LogP contribution in [0.4, 0.5) is 0 Å². The van der Waals surface area contributed by atoms with E-state index in [1.807, 2.05) is 37.3 Å². The monoisotopic (exact) mass is 334 g/mol. The highest BCUT2D eigenvalue weighted by atomic mass is 35.5. The van der Waals surface area contributed by atoms with E-state index in [0.29, 0.717) is 10.6 Å². The summed E-state index contributed by atoms with van der Waals surface area (Å²) >= 11 is 6.25. The molecule has 0 bridgehead atoms. The van der Waals surface area contributed by atoms with Crippen LogP contribution in [-0.4, -0.2) is 12.9 Å². The molecule has 22 heavy (non-hydrogen) atoms. The van der Waals surface area contributed by atoms with Crippen LogP contribution in [0.1, 0.15) is 35.7 Å². The molecule has 0 radical (unpaired) electrons. The van der Waals surface area contributed by atoms with Crippen molar-refractivity contribution in [3.05, 3.63) is 58.6 Å². The molecule has 1 atom stereocenters. The molecule has 0 amide bonds. The maximum Gasteiger partial charge on any atom is 0.151 e. The fourth-order valence-electron chi connectivity index (χ4n) is 2.17. The second-order valence-corrected chi connectivity index (χ2v) is 7.38.